The van der Waals surface area contributed by atoms with Crippen LogP contribution in [0.4, 0.5) is 0 Å². The fourth-order valence-corrected chi connectivity index (χ4v) is 3.12. The first-order chi connectivity index (χ1) is 10.6. The minimum atomic E-state index is 0.0414. The standard InChI is InChI=1S/C17H22N4O/c1-13-5-3-7-15(19-13)12-21-9-4-6-14(11-21)16(22)17-18-8-10-20(17)2/h3,5,7-8,10,14H,4,6,9,11-12H2,1-2H3/t14-/m1/s1. The Hall–Kier alpha value is -2.01. The van der Waals surface area contributed by atoms with Crippen molar-refractivity contribution >= 4 is 5.78 Å². The highest BCUT2D eigenvalue weighted by atomic mass is 16.1. The molecule has 0 amide bonds. The van der Waals surface area contributed by atoms with Gasteiger partial charge in [0.2, 0.25) is 5.78 Å². The number of aromatic nitrogens is 3. The maximum Gasteiger partial charge on any atom is 0.202 e. The van der Waals surface area contributed by atoms with Crippen molar-refractivity contribution < 1.29 is 4.79 Å². The zero-order valence-corrected chi connectivity index (χ0v) is 13.2. The molecule has 1 aliphatic rings. The molecular formula is C17H22N4O. The summed E-state index contributed by atoms with van der Waals surface area (Å²) in [5.41, 5.74) is 2.11. The summed E-state index contributed by atoms with van der Waals surface area (Å²) in [4.78, 5) is 23.7. The Labute approximate surface area is 131 Å². The van der Waals surface area contributed by atoms with E-state index in [1.165, 1.54) is 0 Å². The van der Waals surface area contributed by atoms with Gasteiger partial charge in [0.1, 0.15) is 0 Å². The number of aryl methyl sites for hydroxylation is 2. The third-order valence-electron chi connectivity index (χ3n) is 4.25. The number of likely N-dealkylation sites (tertiary alicyclic amines) is 1. The van der Waals surface area contributed by atoms with Gasteiger partial charge in [-0.25, -0.2) is 4.98 Å². The van der Waals surface area contributed by atoms with Gasteiger partial charge in [-0.15, -0.1) is 0 Å². The number of carbonyl (C=O) groups is 1. The molecule has 1 fully saturated rings. The van der Waals surface area contributed by atoms with E-state index in [1.54, 1.807) is 6.20 Å². The van der Waals surface area contributed by atoms with Crippen LogP contribution >= 0.6 is 0 Å². The lowest BCUT2D eigenvalue weighted by Crippen LogP contribution is -2.39. The molecule has 2 aromatic heterocycles. The van der Waals surface area contributed by atoms with Gasteiger partial charge in [0.15, 0.2) is 5.82 Å². The zero-order valence-electron chi connectivity index (χ0n) is 13.2. The van der Waals surface area contributed by atoms with E-state index in [1.807, 2.05) is 36.9 Å². The van der Waals surface area contributed by atoms with Crippen LogP contribution in [0.1, 0.15) is 34.8 Å². The summed E-state index contributed by atoms with van der Waals surface area (Å²) in [5.74, 6) is 0.773. The Bertz CT molecular complexity index is 664. The van der Waals surface area contributed by atoms with Crippen molar-refractivity contribution in [2.24, 2.45) is 13.0 Å². The second-order valence-electron chi connectivity index (χ2n) is 6.07. The number of carbonyl (C=O) groups excluding carboxylic acids is 1. The van der Waals surface area contributed by atoms with Crippen LogP contribution in [-0.4, -0.2) is 38.3 Å². The van der Waals surface area contributed by atoms with Crippen LogP contribution in [-0.2, 0) is 13.6 Å². The van der Waals surface area contributed by atoms with E-state index in [4.69, 9.17) is 0 Å². The predicted octanol–water partition coefficient (Wildman–Crippen LogP) is 2.22. The van der Waals surface area contributed by atoms with Gasteiger partial charge >= 0.3 is 0 Å². The molecule has 0 aromatic carbocycles. The molecule has 0 radical (unpaired) electrons. The third kappa shape index (κ3) is 3.25. The lowest BCUT2D eigenvalue weighted by molar-refractivity contribution is 0.0796. The summed E-state index contributed by atoms with van der Waals surface area (Å²) >= 11 is 0. The molecule has 1 aliphatic heterocycles. The number of ketones is 1. The number of piperidine rings is 1. The molecular weight excluding hydrogens is 276 g/mol. The van der Waals surface area contributed by atoms with Crippen molar-refractivity contribution in [2.45, 2.75) is 26.3 Å². The van der Waals surface area contributed by atoms with Crippen LogP contribution in [0.25, 0.3) is 0 Å². The number of nitrogens with zero attached hydrogens (tertiary/aromatic N) is 4. The highest BCUT2D eigenvalue weighted by Crippen LogP contribution is 2.21. The first-order valence-electron chi connectivity index (χ1n) is 7.80. The molecule has 0 saturated carbocycles. The monoisotopic (exact) mass is 298 g/mol. The SMILES string of the molecule is Cc1cccc(CN2CCC[C@@H](C(=O)c3nccn3C)C2)n1. The van der Waals surface area contributed by atoms with Gasteiger partial charge in [-0.1, -0.05) is 6.07 Å². The zero-order chi connectivity index (χ0) is 15.5. The van der Waals surface area contributed by atoms with Gasteiger partial charge in [-0.05, 0) is 38.4 Å². The molecule has 1 saturated heterocycles. The summed E-state index contributed by atoms with van der Waals surface area (Å²) in [7, 11) is 1.87. The van der Waals surface area contributed by atoms with Crippen LogP contribution in [0.2, 0.25) is 0 Å². The van der Waals surface area contributed by atoms with Crippen LogP contribution in [0, 0.1) is 12.8 Å². The molecule has 0 unspecified atom stereocenters. The normalized spacial score (nSPS) is 19.3. The van der Waals surface area contributed by atoms with Crippen LogP contribution in [0.15, 0.2) is 30.6 Å². The summed E-state index contributed by atoms with van der Waals surface area (Å²) in [6.45, 7) is 4.64. The number of rotatable bonds is 4. The van der Waals surface area contributed by atoms with Gasteiger partial charge in [0.25, 0.3) is 0 Å². The third-order valence-corrected chi connectivity index (χ3v) is 4.25. The average molecular weight is 298 g/mol. The van der Waals surface area contributed by atoms with Crippen molar-refractivity contribution in [1.29, 1.82) is 0 Å². The first-order valence-corrected chi connectivity index (χ1v) is 7.80. The van der Waals surface area contributed by atoms with Gasteiger partial charge in [0.05, 0.1) is 5.69 Å². The molecule has 0 spiro atoms. The Balaban J connectivity index is 1.67. The Morgan fingerprint density at radius 3 is 3.00 bits per heavy atom. The fourth-order valence-electron chi connectivity index (χ4n) is 3.12. The quantitative estimate of drug-likeness (QED) is 0.812. The van der Waals surface area contributed by atoms with Crippen LogP contribution < -0.4 is 0 Å². The summed E-state index contributed by atoms with van der Waals surface area (Å²) in [6, 6.07) is 6.10. The molecule has 116 valence electrons. The maximum atomic E-state index is 12.6. The van der Waals surface area contributed by atoms with Gasteiger partial charge < -0.3 is 4.57 Å². The summed E-state index contributed by atoms with van der Waals surface area (Å²) < 4.78 is 1.81. The molecule has 5 heteroatoms. The molecule has 0 N–H and O–H groups in total. The summed E-state index contributed by atoms with van der Waals surface area (Å²) in [5, 5.41) is 0. The lowest BCUT2D eigenvalue weighted by Gasteiger charge is -2.31. The average Bonchev–Trinajstić information content (AvgIpc) is 2.93. The summed E-state index contributed by atoms with van der Waals surface area (Å²) in [6.07, 6.45) is 5.51. The Morgan fingerprint density at radius 2 is 2.27 bits per heavy atom. The Morgan fingerprint density at radius 1 is 1.41 bits per heavy atom. The topological polar surface area (TPSA) is 51.0 Å². The minimum Gasteiger partial charge on any atom is -0.332 e. The van der Waals surface area contributed by atoms with E-state index in [9.17, 15) is 4.79 Å². The number of Topliss-reactive ketones (excluding diaryl/α,β-unsaturated/α-hetero) is 1. The van der Waals surface area contributed by atoms with Gasteiger partial charge in [0, 0.05) is 44.1 Å². The molecule has 1 atom stereocenters. The lowest BCUT2D eigenvalue weighted by atomic mass is 9.93. The maximum absolute atomic E-state index is 12.6. The minimum absolute atomic E-state index is 0.0414. The van der Waals surface area contributed by atoms with E-state index >= 15 is 0 Å². The predicted molar refractivity (Wildman–Crippen MR) is 84.5 cm³/mol. The van der Waals surface area contributed by atoms with Crippen LogP contribution in [0.5, 0.6) is 0 Å². The molecule has 0 bridgehead atoms. The van der Waals surface area contributed by atoms with Crippen LogP contribution in [0.3, 0.4) is 0 Å². The number of pyridine rings is 1. The second kappa shape index (κ2) is 6.40. The van der Waals surface area contributed by atoms with E-state index in [2.05, 4.69) is 20.9 Å². The number of hydrogen-bond acceptors (Lipinski definition) is 4. The van der Waals surface area contributed by atoms with Gasteiger partial charge in [-0.2, -0.15) is 0 Å². The molecule has 3 heterocycles. The highest BCUT2D eigenvalue weighted by molar-refractivity contribution is 5.94. The molecule has 2 aromatic rings. The Kier molecular flexibility index (Phi) is 4.34. The number of imidazole rings is 1. The van der Waals surface area contributed by atoms with E-state index in [0.717, 1.165) is 43.9 Å². The number of hydrogen-bond donors (Lipinski definition) is 0. The second-order valence-corrected chi connectivity index (χ2v) is 6.07. The van der Waals surface area contributed by atoms with Crippen molar-refractivity contribution in [3.8, 4) is 0 Å². The van der Waals surface area contributed by atoms with E-state index in [0.29, 0.717) is 5.82 Å². The molecule has 3 rings (SSSR count). The van der Waals surface area contributed by atoms with E-state index in [-0.39, 0.29) is 11.7 Å². The molecule has 5 nitrogen and oxygen atoms in total. The molecule has 0 aliphatic carbocycles. The van der Waals surface area contributed by atoms with Crippen molar-refractivity contribution in [3.05, 3.63) is 47.8 Å². The van der Waals surface area contributed by atoms with Crippen molar-refractivity contribution in [2.75, 3.05) is 13.1 Å². The van der Waals surface area contributed by atoms with E-state index < -0.39 is 0 Å². The first kappa shape index (κ1) is 14.9. The highest BCUT2D eigenvalue weighted by Gasteiger charge is 2.28. The smallest absolute Gasteiger partial charge is 0.202 e. The largest absolute Gasteiger partial charge is 0.332 e. The molecule has 22 heavy (non-hydrogen) atoms. The fraction of sp³-hybridized carbons (Fsp3) is 0.471. The van der Waals surface area contributed by atoms with Crippen molar-refractivity contribution in [1.82, 2.24) is 19.4 Å². The van der Waals surface area contributed by atoms with Gasteiger partial charge in [-0.3, -0.25) is 14.7 Å². The van der Waals surface area contributed by atoms with Crippen molar-refractivity contribution in [3.63, 3.8) is 0 Å².